The summed E-state index contributed by atoms with van der Waals surface area (Å²) in [5.74, 6) is 0.805. The zero-order chi connectivity index (χ0) is 12.3. The highest BCUT2D eigenvalue weighted by molar-refractivity contribution is 14.1. The molecular weight excluding hydrogens is 345 g/mol. The van der Waals surface area contributed by atoms with Crippen molar-refractivity contribution in [3.63, 3.8) is 0 Å². The van der Waals surface area contributed by atoms with Gasteiger partial charge in [-0.15, -0.1) is 0 Å². The third-order valence-corrected chi connectivity index (χ3v) is 4.69. The van der Waals surface area contributed by atoms with Gasteiger partial charge in [0, 0.05) is 9.61 Å². The molecule has 2 unspecified atom stereocenters. The second-order valence-electron chi connectivity index (χ2n) is 4.83. The van der Waals surface area contributed by atoms with Gasteiger partial charge in [0.25, 0.3) is 0 Å². The number of benzene rings is 1. The summed E-state index contributed by atoms with van der Waals surface area (Å²) in [6.07, 6.45) is 6.63. The highest BCUT2D eigenvalue weighted by atomic mass is 127. The third-order valence-electron chi connectivity index (χ3n) is 3.71. The molecule has 0 heterocycles. The number of hydrogen-bond acceptors (Lipinski definition) is 1. The molecule has 1 saturated carbocycles. The smallest absolute Gasteiger partial charge is 0.0648 e. The highest BCUT2D eigenvalue weighted by Gasteiger charge is 2.23. The molecule has 0 bridgehead atoms. The molecule has 1 aliphatic carbocycles. The summed E-state index contributed by atoms with van der Waals surface area (Å²) in [7, 11) is 0. The molecular formula is C14H19ClIN. The Balaban J connectivity index is 2.08. The van der Waals surface area contributed by atoms with Crippen molar-refractivity contribution in [2.45, 2.75) is 45.1 Å². The maximum atomic E-state index is 6.27. The van der Waals surface area contributed by atoms with Crippen molar-refractivity contribution >= 4 is 39.9 Å². The van der Waals surface area contributed by atoms with Crippen molar-refractivity contribution in [3.8, 4) is 0 Å². The number of anilines is 1. The fourth-order valence-electron chi connectivity index (χ4n) is 2.69. The fourth-order valence-corrected chi connectivity index (χ4v) is 3.60. The molecule has 1 N–H and O–H groups in total. The van der Waals surface area contributed by atoms with Gasteiger partial charge in [-0.3, -0.25) is 0 Å². The first-order valence-electron chi connectivity index (χ1n) is 6.42. The molecule has 0 saturated heterocycles. The van der Waals surface area contributed by atoms with Crippen LogP contribution in [0.5, 0.6) is 0 Å². The zero-order valence-corrected chi connectivity index (χ0v) is 13.1. The van der Waals surface area contributed by atoms with Crippen LogP contribution in [0.1, 0.15) is 39.0 Å². The Kier molecular flexibility index (Phi) is 4.97. The Morgan fingerprint density at radius 2 is 2.12 bits per heavy atom. The summed E-state index contributed by atoms with van der Waals surface area (Å²) in [6.45, 7) is 2.29. The summed E-state index contributed by atoms with van der Waals surface area (Å²) in [5.41, 5.74) is 1.09. The Morgan fingerprint density at radius 1 is 1.35 bits per heavy atom. The first kappa shape index (κ1) is 13.5. The normalized spacial score (nSPS) is 24.6. The van der Waals surface area contributed by atoms with Crippen LogP contribution in [-0.2, 0) is 0 Å². The van der Waals surface area contributed by atoms with E-state index < -0.39 is 0 Å². The van der Waals surface area contributed by atoms with E-state index in [1.807, 2.05) is 6.07 Å². The fraction of sp³-hybridized carbons (Fsp3) is 0.571. The standard InChI is InChI=1S/C14H19ClIN/c1-2-10-5-3-4-6-13(10)17-14-8-7-11(16)9-12(14)15/h7-10,13,17H,2-6H2,1H3. The van der Waals surface area contributed by atoms with Gasteiger partial charge in [0.2, 0.25) is 0 Å². The van der Waals surface area contributed by atoms with Gasteiger partial charge < -0.3 is 5.32 Å². The first-order valence-corrected chi connectivity index (χ1v) is 7.88. The van der Waals surface area contributed by atoms with Gasteiger partial charge in [-0.25, -0.2) is 0 Å². The van der Waals surface area contributed by atoms with Crippen molar-refractivity contribution < 1.29 is 0 Å². The topological polar surface area (TPSA) is 12.0 Å². The lowest BCUT2D eigenvalue weighted by Gasteiger charge is -2.32. The minimum absolute atomic E-state index is 0.603. The SMILES string of the molecule is CCC1CCCCC1Nc1ccc(I)cc1Cl. The van der Waals surface area contributed by atoms with Crippen LogP contribution < -0.4 is 5.32 Å². The van der Waals surface area contributed by atoms with Crippen LogP contribution in [0.3, 0.4) is 0 Å². The molecule has 2 rings (SSSR count). The zero-order valence-electron chi connectivity index (χ0n) is 10.2. The maximum Gasteiger partial charge on any atom is 0.0648 e. The van der Waals surface area contributed by atoms with E-state index in [0.29, 0.717) is 6.04 Å². The van der Waals surface area contributed by atoms with Gasteiger partial charge in [-0.1, -0.05) is 37.8 Å². The van der Waals surface area contributed by atoms with Crippen LogP contribution in [0, 0.1) is 9.49 Å². The molecule has 1 aromatic carbocycles. The van der Waals surface area contributed by atoms with E-state index in [1.54, 1.807) is 0 Å². The molecule has 0 aromatic heterocycles. The lowest BCUT2D eigenvalue weighted by molar-refractivity contribution is 0.317. The summed E-state index contributed by atoms with van der Waals surface area (Å²) >= 11 is 8.56. The van der Waals surface area contributed by atoms with E-state index in [0.717, 1.165) is 16.6 Å². The molecule has 1 aliphatic rings. The van der Waals surface area contributed by atoms with E-state index in [4.69, 9.17) is 11.6 Å². The molecule has 0 amide bonds. The molecule has 3 heteroatoms. The van der Waals surface area contributed by atoms with E-state index in [2.05, 4.69) is 47.0 Å². The van der Waals surface area contributed by atoms with Gasteiger partial charge in [-0.2, -0.15) is 0 Å². The largest absolute Gasteiger partial charge is 0.381 e. The third kappa shape index (κ3) is 3.50. The number of rotatable bonds is 3. The summed E-state index contributed by atoms with van der Waals surface area (Å²) in [5, 5.41) is 4.49. The van der Waals surface area contributed by atoms with Gasteiger partial charge in [0.15, 0.2) is 0 Å². The minimum Gasteiger partial charge on any atom is -0.381 e. The molecule has 0 aliphatic heterocycles. The second-order valence-corrected chi connectivity index (χ2v) is 6.48. The van der Waals surface area contributed by atoms with Crippen molar-refractivity contribution in [1.82, 2.24) is 0 Å². The average molecular weight is 364 g/mol. The molecule has 94 valence electrons. The second kappa shape index (κ2) is 6.28. The van der Waals surface area contributed by atoms with Crippen LogP contribution >= 0.6 is 34.2 Å². The highest BCUT2D eigenvalue weighted by Crippen LogP contribution is 2.32. The molecule has 1 aromatic rings. The van der Waals surface area contributed by atoms with Crippen molar-refractivity contribution in [3.05, 3.63) is 26.8 Å². The van der Waals surface area contributed by atoms with E-state index >= 15 is 0 Å². The van der Waals surface area contributed by atoms with E-state index in [9.17, 15) is 0 Å². The lowest BCUT2D eigenvalue weighted by Crippen LogP contribution is -2.31. The van der Waals surface area contributed by atoms with Crippen LogP contribution in [0.2, 0.25) is 5.02 Å². The Morgan fingerprint density at radius 3 is 2.82 bits per heavy atom. The average Bonchev–Trinajstić information content (AvgIpc) is 2.33. The summed E-state index contributed by atoms with van der Waals surface area (Å²) < 4.78 is 1.19. The Hall–Kier alpha value is 0.0400. The summed E-state index contributed by atoms with van der Waals surface area (Å²) in [4.78, 5) is 0. The van der Waals surface area contributed by atoms with Crippen molar-refractivity contribution in [1.29, 1.82) is 0 Å². The molecule has 1 nitrogen and oxygen atoms in total. The van der Waals surface area contributed by atoms with E-state index in [-0.39, 0.29) is 0 Å². The quantitative estimate of drug-likeness (QED) is 0.716. The number of nitrogens with one attached hydrogen (secondary N) is 1. The molecule has 0 radical (unpaired) electrons. The van der Waals surface area contributed by atoms with Gasteiger partial charge in [0.05, 0.1) is 10.7 Å². The Bertz CT molecular complexity index is 380. The predicted octanol–water partition coefficient (Wildman–Crippen LogP) is 5.33. The number of halogens is 2. The van der Waals surface area contributed by atoms with Crippen molar-refractivity contribution in [2.24, 2.45) is 5.92 Å². The molecule has 0 spiro atoms. The minimum atomic E-state index is 0.603. The number of hydrogen-bond donors (Lipinski definition) is 1. The van der Waals surface area contributed by atoms with Crippen LogP contribution in [0.15, 0.2) is 18.2 Å². The first-order chi connectivity index (χ1) is 8.20. The van der Waals surface area contributed by atoms with Crippen molar-refractivity contribution in [2.75, 3.05) is 5.32 Å². The predicted molar refractivity (Wildman–Crippen MR) is 83.8 cm³/mol. The molecule has 2 atom stereocenters. The summed E-state index contributed by atoms with van der Waals surface area (Å²) in [6, 6.07) is 6.84. The van der Waals surface area contributed by atoms with Crippen LogP contribution in [-0.4, -0.2) is 6.04 Å². The monoisotopic (exact) mass is 363 g/mol. The van der Waals surface area contributed by atoms with E-state index in [1.165, 1.54) is 35.7 Å². The van der Waals surface area contributed by atoms with Gasteiger partial charge >= 0.3 is 0 Å². The van der Waals surface area contributed by atoms with Gasteiger partial charge in [0.1, 0.15) is 0 Å². The maximum absolute atomic E-state index is 6.27. The van der Waals surface area contributed by atoms with Gasteiger partial charge in [-0.05, 0) is 59.5 Å². The van der Waals surface area contributed by atoms with Crippen LogP contribution in [0.25, 0.3) is 0 Å². The molecule has 1 fully saturated rings. The van der Waals surface area contributed by atoms with Crippen LogP contribution in [0.4, 0.5) is 5.69 Å². The molecule has 17 heavy (non-hydrogen) atoms. The lowest BCUT2D eigenvalue weighted by atomic mass is 9.83. The Labute approximate surface area is 122 Å².